The maximum atomic E-state index is 12.0. The van der Waals surface area contributed by atoms with Crippen LogP contribution in [0.1, 0.15) is 321 Å². The number of nitrogens with zero attached hydrogens (tertiary/aromatic N) is 1. The van der Waals surface area contributed by atoms with Gasteiger partial charge in [-0.25, -0.2) is 4.79 Å². The average molecular weight is 916 g/mol. The summed E-state index contributed by atoms with van der Waals surface area (Å²) in [5, 5.41) is 4.17. The van der Waals surface area contributed by atoms with Gasteiger partial charge in [-0.2, -0.15) is 0 Å². The summed E-state index contributed by atoms with van der Waals surface area (Å²) in [6, 6.07) is 0. The Morgan fingerprint density at radius 2 is 0.609 bits per heavy atom. The van der Waals surface area contributed by atoms with Crippen LogP contribution in [0.5, 0.6) is 0 Å². The van der Waals surface area contributed by atoms with Gasteiger partial charge in [0, 0.05) is 13.1 Å². The van der Waals surface area contributed by atoms with Crippen LogP contribution in [0.3, 0.4) is 0 Å². The van der Waals surface area contributed by atoms with E-state index in [0.29, 0.717) is 17.1 Å². The minimum absolute atomic E-state index is 0.315. The van der Waals surface area contributed by atoms with Gasteiger partial charge in [0.1, 0.15) is 11.6 Å². The Hall–Kier alpha value is -0.740. The molecule has 0 unspecified atom stereocenters. The molecule has 3 aliphatic heterocycles. The first-order valence-electron chi connectivity index (χ1n) is 29.7. The van der Waals surface area contributed by atoms with Crippen LogP contribution in [-0.2, 0) is 9.53 Å². The predicted octanol–water partition coefficient (Wildman–Crippen LogP) is 19.4. The Morgan fingerprint density at radius 3 is 0.875 bits per heavy atom. The van der Waals surface area contributed by atoms with Gasteiger partial charge in [-0.05, 0) is 50.6 Å². The highest BCUT2D eigenvalue weighted by molar-refractivity contribution is 6.42. The topological polar surface area (TPSA) is 41.6 Å². The zero-order valence-corrected chi connectivity index (χ0v) is 43.8. The van der Waals surface area contributed by atoms with Crippen LogP contribution in [0.15, 0.2) is 10.7 Å². The van der Waals surface area contributed by atoms with E-state index in [1.54, 1.807) is 0 Å². The van der Waals surface area contributed by atoms with Crippen LogP contribution in [0.25, 0.3) is 0 Å². The van der Waals surface area contributed by atoms with Crippen molar-refractivity contribution in [3.8, 4) is 0 Å². The van der Waals surface area contributed by atoms with Crippen molar-refractivity contribution in [2.24, 2.45) is 5.41 Å². The van der Waals surface area contributed by atoms with E-state index in [1.807, 2.05) is 0 Å². The molecule has 64 heavy (non-hydrogen) atoms. The van der Waals surface area contributed by atoms with Gasteiger partial charge >= 0.3 is 5.97 Å². The van der Waals surface area contributed by atoms with Crippen molar-refractivity contribution in [1.82, 2.24) is 10.2 Å². The van der Waals surface area contributed by atoms with Crippen molar-refractivity contribution in [1.29, 1.82) is 0 Å². The molecule has 0 saturated carbocycles. The van der Waals surface area contributed by atoms with Crippen LogP contribution in [0.4, 0.5) is 0 Å². The Labute approximate surface area is 405 Å². The standard InChI is InChI=1S/C59H111ClN2O2/c60-57-56(55-64-58(57)63)62-53-49-59(50-54-62)47-45-43-41-39-37-35-33-31-29-27-25-23-21-19-17-15-13-11-9-7-5-3-1-2-4-6-8-10-12-14-16-18-20-22-24-26-28-30-32-34-36-38-40-42-44-46-51-61-52-48-59/h61H,1-55H2. The van der Waals surface area contributed by atoms with E-state index in [4.69, 9.17) is 16.3 Å². The normalized spacial score (nSPS) is 25.1. The molecule has 0 aromatic carbocycles. The van der Waals surface area contributed by atoms with Gasteiger partial charge in [0.2, 0.25) is 0 Å². The van der Waals surface area contributed by atoms with Crippen molar-refractivity contribution in [3.05, 3.63) is 10.7 Å². The fourth-order valence-corrected chi connectivity index (χ4v) is 11.7. The van der Waals surface area contributed by atoms with Crippen molar-refractivity contribution < 1.29 is 9.53 Å². The van der Waals surface area contributed by atoms with Crippen LogP contribution in [0, 0.1) is 5.41 Å². The van der Waals surface area contributed by atoms with Crippen molar-refractivity contribution in [2.75, 3.05) is 32.8 Å². The summed E-state index contributed by atoms with van der Waals surface area (Å²) < 4.78 is 5.25. The number of rotatable bonds is 1. The fourth-order valence-electron chi connectivity index (χ4n) is 11.5. The number of carbonyl (C=O) groups is 1. The van der Waals surface area contributed by atoms with E-state index in [9.17, 15) is 4.79 Å². The maximum Gasteiger partial charge on any atom is 0.352 e. The summed E-state index contributed by atoms with van der Waals surface area (Å²) in [6.45, 7) is 4.67. The molecule has 0 aliphatic carbocycles. The second kappa shape index (κ2) is 42.4. The summed E-state index contributed by atoms with van der Waals surface area (Å²) in [5.74, 6) is -0.344. The van der Waals surface area contributed by atoms with E-state index in [2.05, 4.69) is 10.2 Å². The summed E-state index contributed by atoms with van der Waals surface area (Å²) in [5.41, 5.74) is 1.34. The molecule has 3 heterocycles. The average Bonchev–Trinajstić information content (AvgIpc) is 3.64. The van der Waals surface area contributed by atoms with E-state index in [-0.39, 0.29) is 5.97 Å². The number of hydrogen-bond donors (Lipinski definition) is 1. The minimum atomic E-state index is -0.344. The number of piperidine rings is 1. The van der Waals surface area contributed by atoms with Crippen LogP contribution < -0.4 is 5.32 Å². The van der Waals surface area contributed by atoms with E-state index >= 15 is 0 Å². The molecule has 0 radical (unpaired) electrons. The van der Waals surface area contributed by atoms with Gasteiger partial charge < -0.3 is 15.0 Å². The Bertz CT molecular complexity index is 1020. The quantitative estimate of drug-likeness (QED) is 0.266. The lowest BCUT2D eigenvalue weighted by molar-refractivity contribution is -0.135. The van der Waals surface area contributed by atoms with E-state index in [1.165, 1.54) is 328 Å². The largest absolute Gasteiger partial charge is 0.455 e. The third kappa shape index (κ3) is 31.3. The molecule has 0 aromatic heterocycles. The van der Waals surface area contributed by atoms with Crippen LogP contribution >= 0.6 is 11.6 Å². The lowest BCUT2D eigenvalue weighted by Crippen LogP contribution is -2.41. The number of likely N-dealkylation sites (tertiary alicyclic amines) is 1. The second-order valence-electron chi connectivity index (χ2n) is 21.8. The number of cyclic esters (lactones) is 1. The number of carbonyl (C=O) groups excluding carboxylic acids is 1. The van der Waals surface area contributed by atoms with Gasteiger partial charge in [-0.1, -0.05) is 301 Å². The molecule has 4 nitrogen and oxygen atoms in total. The molecule has 376 valence electrons. The summed E-state index contributed by atoms with van der Waals surface area (Å²) in [6.07, 6.45) is 72.1. The molecular formula is C59H111ClN2O2. The molecule has 5 heteroatoms. The lowest BCUT2D eigenvalue weighted by Gasteiger charge is -2.43. The highest BCUT2D eigenvalue weighted by atomic mass is 35.5. The molecule has 0 aromatic rings. The van der Waals surface area contributed by atoms with Gasteiger partial charge in [0.25, 0.3) is 0 Å². The SMILES string of the molecule is O=C1OCC(N2CCC3(CCCCCCCCCCCCCCCCCCCCCCCCCCCCCCCCCCCCCCCCCCCCCCCCNCC3)CC2)=C1Cl. The smallest absolute Gasteiger partial charge is 0.352 e. The van der Waals surface area contributed by atoms with Crippen LogP contribution in [-0.4, -0.2) is 43.7 Å². The zero-order chi connectivity index (χ0) is 45.1. The molecule has 1 N–H and O–H groups in total. The molecule has 0 atom stereocenters. The number of nitrogens with one attached hydrogen (secondary N) is 1. The van der Waals surface area contributed by atoms with E-state index < -0.39 is 0 Å². The van der Waals surface area contributed by atoms with Gasteiger partial charge in [-0.3, -0.25) is 0 Å². The Balaban J connectivity index is 1.25. The monoisotopic (exact) mass is 915 g/mol. The summed E-state index contributed by atoms with van der Waals surface area (Å²) >= 11 is 6.36. The first kappa shape index (κ1) is 57.6. The third-order valence-corrected chi connectivity index (χ3v) is 16.5. The van der Waals surface area contributed by atoms with Gasteiger partial charge in [0.15, 0.2) is 0 Å². The molecule has 2 saturated heterocycles. The fraction of sp³-hybridized carbons (Fsp3) is 0.949. The molecular weight excluding hydrogens is 804 g/mol. The van der Waals surface area contributed by atoms with Gasteiger partial charge in [0.05, 0.1) is 5.70 Å². The summed E-state index contributed by atoms with van der Waals surface area (Å²) in [7, 11) is 0. The first-order chi connectivity index (χ1) is 31.7. The number of ether oxygens (including phenoxy) is 1. The summed E-state index contributed by atoms with van der Waals surface area (Å²) in [4.78, 5) is 14.3. The number of halogens is 1. The Morgan fingerprint density at radius 1 is 0.344 bits per heavy atom. The predicted molar refractivity (Wildman–Crippen MR) is 282 cm³/mol. The molecule has 2 fully saturated rings. The van der Waals surface area contributed by atoms with E-state index in [0.717, 1.165) is 25.3 Å². The molecule has 3 aliphatic rings. The number of esters is 1. The zero-order valence-electron chi connectivity index (χ0n) is 43.0. The molecule has 0 bridgehead atoms. The molecule has 1 spiro atoms. The third-order valence-electron chi connectivity index (χ3n) is 16.1. The molecule has 3 rings (SSSR count). The highest BCUT2D eigenvalue weighted by Gasteiger charge is 2.36. The van der Waals surface area contributed by atoms with Crippen molar-refractivity contribution >= 4 is 17.6 Å². The van der Waals surface area contributed by atoms with Gasteiger partial charge in [-0.15, -0.1) is 0 Å². The lowest BCUT2D eigenvalue weighted by atomic mass is 9.72. The highest BCUT2D eigenvalue weighted by Crippen LogP contribution is 2.41. The first-order valence-corrected chi connectivity index (χ1v) is 30.1. The minimum Gasteiger partial charge on any atom is -0.455 e. The van der Waals surface area contributed by atoms with Crippen molar-refractivity contribution in [3.63, 3.8) is 0 Å². The van der Waals surface area contributed by atoms with Crippen LogP contribution in [0.2, 0.25) is 0 Å². The second-order valence-corrected chi connectivity index (χ2v) is 22.2. The number of hydrogen-bond acceptors (Lipinski definition) is 4. The Kier molecular flexibility index (Phi) is 38.1. The maximum absolute atomic E-state index is 12.0. The molecule has 0 amide bonds. The van der Waals surface area contributed by atoms with Crippen molar-refractivity contribution in [2.45, 2.75) is 321 Å².